The number of likely N-dealkylation sites (N-methyl/N-ethyl adjacent to an activating group) is 1. The van der Waals surface area contributed by atoms with Crippen LogP contribution in [0.2, 0.25) is 0 Å². The van der Waals surface area contributed by atoms with Gasteiger partial charge in [-0.3, -0.25) is 9.59 Å². The summed E-state index contributed by atoms with van der Waals surface area (Å²) in [5, 5.41) is 2.58. The van der Waals surface area contributed by atoms with Crippen LogP contribution in [0.25, 0.3) is 0 Å². The van der Waals surface area contributed by atoms with Gasteiger partial charge in [0.15, 0.2) is 6.61 Å². The molecule has 0 unspecified atom stereocenters. The first-order chi connectivity index (χ1) is 7.65. The van der Waals surface area contributed by atoms with Crippen LogP contribution >= 0.6 is 0 Å². The first-order valence-corrected chi connectivity index (χ1v) is 4.93. The third-order valence-corrected chi connectivity index (χ3v) is 1.89. The van der Waals surface area contributed by atoms with Gasteiger partial charge in [0.05, 0.1) is 5.56 Å². The smallest absolute Gasteiger partial charge is 0.257 e. The van der Waals surface area contributed by atoms with Crippen molar-refractivity contribution in [3.63, 3.8) is 0 Å². The lowest BCUT2D eigenvalue weighted by Crippen LogP contribution is -2.28. The Morgan fingerprint density at radius 1 is 1.38 bits per heavy atom. The van der Waals surface area contributed by atoms with Gasteiger partial charge in [-0.1, -0.05) is 12.1 Å². The molecule has 0 saturated heterocycles. The fraction of sp³-hybridized carbons (Fsp3) is 0.273. The summed E-state index contributed by atoms with van der Waals surface area (Å²) in [7, 11) is 0. The summed E-state index contributed by atoms with van der Waals surface area (Å²) >= 11 is 0. The Hall–Kier alpha value is -2.04. The molecule has 0 heterocycles. The van der Waals surface area contributed by atoms with Gasteiger partial charge in [0, 0.05) is 6.54 Å². The Labute approximate surface area is 93.6 Å². The highest BCUT2D eigenvalue weighted by Gasteiger charge is 2.09. The Morgan fingerprint density at radius 3 is 2.69 bits per heavy atom. The van der Waals surface area contributed by atoms with Gasteiger partial charge in [-0.15, -0.1) is 0 Å². The number of nitrogens with one attached hydrogen (secondary N) is 1. The number of nitrogens with two attached hydrogens (primary N) is 1. The monoisotopic (exact) mass is 222 g/mol. The van der Waals surface area contributed by atoms with Crippen molar-refractivity contribution in [1.82, 2.24) is 5.32 Å². The van der Waals surface area contributed by atoms with E-state index in [1.54, 1.807) is 24.3 Å². The van der Waals surface area contributed by atoms with Gasteiger partial charge in [0.1, 0.15) is 5.75 Å². The molecule has 0 aliphatic heterocycles. The van der Waals surface area contributed by atoms with Gasteiger partial charge in [-0.05, 0) is 19.1 Å². The second-order valence-corrected chi connectivity index (χ2v) is 3.10. The van der Waals surface area contributed by atoms with Crippen molar-refractivity contribution in [2.24, 2.45) is 5.73 Å². The average molecular weight is 222 g/mol. The van der Waals surface area contributed by atoms with Gasteiger partial charge in [0.2, 0.25) is 0 Å². The molecular formula is C11H14N2O3. The summed E-state index contributed by atoms with van der Waals surface area (Å²) < 4.78 is 5.20. The SMILES string of the molecule is CCNC(=O)COc1ccccc1C(N)=O. The number of benzene rings is 1. The molecule has 5 heteroatoms. The van der Waals surface area contributed by atoms with Crippen LogP contribution < -0.4 is 15.8 Å². The number of hydrogen-bond acceptors (Lipinski definition) is 3. The number of carbonyl (C=O) groups is 2. The fourth-order valence-corrected chi connectivity index (χ4v) is 1.19. The highest BCUT2D eigenvalue weighted by molar-refractivity contribution is 5.95. The van der Waals surface area contributed by atoms with Crippen LogP contribution in [0.5, 0.6) is 5.75 Å². The second kappa shape index (κ2) is 5.75. The van der Waals surface area contributed by atoms with Crippen molar-refractivity contribution < 1.29 is 14.3 Å². The van der Waals surface area contributed by atoms with Crippen LogP contribution in [0.4, 0.5) is 0 Å². The van der Waals surface area contributed by atoms with Crippen molar-refractivity contribution in [2.45, 2.75) is 6.92 Å². The standard InChI is InChI=1S/C11H14N2O3/c1-2-13-10(14)7-16-9-6-4-3-5-8(9)11(12)15/h3-6H,2,7H2,1H3,(H2,12,15)(H,13,14). The van der Waals surface area contributed by atoms with E-state index in [9.17, 15) is 9.59 Å². The molecule has 86 valence electrons. The molecule has 5 nitrogen and oxygen atoms in total. The number of para-hydroxylation sites is 1. The molecule has 0 atom stereocenters. The van der Waals surface area contributed by atoms with Crippen molar-refractivity contribution in [2.75, 3.05) is 13.2 Å². The van der Waals surface area contributed by atoms with E-state index in [2.05, 4.69) is 5.32 Å². The van der Waals surface area contributed by atoms with Crippen LogP contribution in [-0.4, -0.2) is 25.0 Å². The largest absolute Gasteiger partial charge is 0.483 e. The van der Waals surface area contributed by atoms with Crippen molar-refractivity contribution in [3.05, 3.63) is 29.8 Å². The van der Waals surface area contributed by atoms with E-state index in [1.165, 1.54) is 0 Å². The summed E-state index contributed by atoms with van der Waals surface area (Å²) in [5.74, 6) is -0.491. The zero-order chi connectivity index (χ0) is 12.0. The van der Waals surface area contributed by atoms with E-state index in [-0.39, 0.29) is 18.1 Å². The maximum atomic E-state index is 11.1. The lowest BCUT2D eigenvalue weighted by Gasteiger charge is -2.08. The van der Waals surface area contributed by atoms with Gasteiger partial charge in [-0.2, -0.15) is 0 Å². The van der Waals surface area contributed by atoms with Gasteiger partial charge in [-0.25, -0.2) is 0 Å². The molecule has 0 radical (unpaired) electrons. The maximum absolute atomic E-state index is 11.1. The Morgan fingerprint density at radius 2 is 2.06 bits per heavy atom. The Bertz CT molecular complexity index is 391. The van der Waals surface area contributed by atoms with Crippen LogP contribution in [0, 0.1) is 0 Å². The number of carbonyl (C=O) groups excluding carboxylic acids is 2. The van der Waals surface area contributed by atoms with E-state index in [1.807, 2.05) is 6.92 Å². The minimum Gasteiger partial charge on any atom is -0.483 e. The first kappa shape index (κ1) is 12.0. The van der Waals surface area contributed by atoms with Gasteiger partial charge in [0.25, 0.3) is 11.8 Å². The molecule has 0 aliphatic carbocycles. The topological polar surface area (TPSA) is 81.4 Å². The number of primary amides is 1. The van der Waals surface area contributed by atoms with E-state index < -0.39 is 5.91 Å². The minimum absolute atomic E-state index is 0.127. The van der Waals surface area contributed by atoms with Crippen molar-refractivity contribution in [1.29, 1.82) is 0 Å². The van der Waals surface area contributed by atoms with Crippen LogP contribution in [0.3, 0.4) is 0 Å². The van der Waals surface area contributed by atoms with E-state index in [4.69, 9.17) is 10.5 Å². The minimum atomic E-state index is -0.577. The highest BCUT2D eigenvalue weighted by atomic mass is 16.5. The lowest BCUT2D eigenvalue weighted by molar-refractivity contribution is -0.122. The zero-order valence-corrected chi connectivity index (χ0v) is 9.03. The van der Waals surface area contributed by atoms with Crippen molar-refractivity contribution in [3.8, 4) is 5.75 Å². The molecular weight excluding hydrogens is 208 g/mol. The molecule has 1 aromatic carbocycles. The lowest BCUT2D eigenvalue weighted by atomic mass is 10.2. The van der Waals surface area contributed by atoms with Crippen LogP contribution in [-0.2, 0) is 4.79 Å². The van der Waals surface area contributed by atoms with Crippen molar-refractivity contribution >= 4 is 11.8 Å². The molecule has 1 aromatic rings. The maximum Gasteiger partial charge on any atom is 0.257 e. The third kappa shape index (κ3) is 3.27. The summed E-state index contributed by atoms with van der Waals surface area (Å²) in [6.07, 6.45) is 0. The number of ether oxygens (including phenoxy) is 1. The summed E-state index contributed by atoms with van der Waals surface area (Å²) in [6.45, 7) is 2.23. The summed E-state index contributed by atoms with van der Waals surface area (Å²) in [5.41, 5.74) is 5.43. The van der Waals surface area contributed by atoms with Gasteiger partial charge >= 0.3 is 0 Å². The first-order valence-electron chi connectivity index (χ1n) is 4.93. The predicted octanol–water partition coefficient (Wildman–Crippen LogP) is 0.300. The second-order valence-electron chi connectivity index (χ2n) is 3.10. The molecule has 3 N–H and O–H groups in total. The summed E-state index contributed by atoms with van der Waals surface area (Å²) in [4.78, 5) is 22.2. The highest BCUT2D eigenvalue weighted by Crippen LogP contribution is 2.16. The van der Waals surface area contributed by atoms with Crippen LogP contribution in [0.15, 0.2) is 24.3 Å². The van der Waals surface area contributed by atoms with E-state index in [0.717, 1.165) is 0 Å². The number of hydrogen-bond donors (Lipinski definition) is 2. The third-order valence-electron chi connectivity index (χ3n) is 1.89. The van der Waals surface area contributed by atoms with Gasteiger partial charge < -0.3 is 15.8 Å². The predicted molar refractivity (Wildman–Crippen MR) is 59.1 cm³/mol. The molecule has 0 spiro atoms. The quantitative estimate of drug-likeness (QED) is 0.751. The van der Waals surface area contributed by atoms with E-state index in [0.29, 0.717) is 12.3 Å². The summed E-state index contributed by atoms with van der Waals surface area (Å²) in [6, 6.07) is 6.53. The Kier molecular flexibility index (Phi) is 4.32. The van der Waals surface area contributed by atoms with E-state index >= 15 is 0 Å². The molecule has 0 aliphatic rings. The molecule has 1 rings (SSSR count). The normalized spacial score (nSPS) is 9.56. The molecule has 0 fully saturated rings. The molecule has 0 bridgehead atoms. The molecule has 0 aromatic heterocycles. The molecule has 16 heavy (non-hydrogen) atoms. The Balaban J connectivity index is 2.66. The average Bonchev–Trinajstić information content (AvgIpc) is 2.27. The van der Waals surface area contributed by atoms with Crippen LogP contribution in [0.1, 0.15) is 17.3 Å². The molecule has 0 saturated carbocycles. The number of rotatable bonds is 5. The fourth-order valence-electron chi connectivity index (χ4n) is 1.19. The zero-order valence-electron chi connectivity index (χ0n) is 9.03. The number of amides is 2. The molecule has 2 amide bonds.